The number of ketones is 1. The van der Waals surface area contributed by atoms with Gasteiger partial charge in [0.15, 0.2) is 10.7 Å². The molecule has 3 aromatic heterocycles. The number of nitrogens with zero attached hydrogens (tertiary/aromatic N) is 2. The number of carbonyl (C=O) groups excluding carboxylic acids is 1. The lowest BCUT2D eigenvalue weighted by Crippen LogP contribution is -2.22. The molecule has 3 heterocycles. The lowest BCUT2D eigenvalue weighted by Gasteiger charge is -2.12. The van der Waals surface area contributed by atoms with Gasteiger partial charge in [0.2, 0.25) is 0 Å². The molecule has 0 aliphatic rings. The molecule has 0 aliphatic heterocycles. The van der Waals surface area contributed by atoms with E-state index >= 15 is 0 Å². The molecule has 0 saturated carbocycles. The van der Waals surface area contributed by atoms with E-state index in [2.05, 4.69) is 4.98 Å². The van der Waals surface area contributed by atoms with Crippen molar-refractivity contribution in [2.45, 2.75) is 20.8 Å². The van der Waals surface area contributed by atoms with E-state index in [0.29, 0.717) is 9.20 Å². The van der Waals surface area contributed by atoms with Crippen molar-refractivity contribution in [1.82, 2.24) is 14.4 Å². The molecule has 0 spiro atoms. The van der Waals surface area contributed by atoms with Crippen LogP contribution >= 0.6 is 22.7 Å². The summed E-state index contributed by atoms with van der Waals surface area (Å²) in [5.41, 5.74) is 1.98. The number of hydrogen-bond donors (Lipinski definition) is 1. The van der Waals surface area contributed by atoms with Crippen molar-refractivity contribution < 1.29 is 4.79 Å². The van der Waals surface area contributed by atoms with Crippen LogP contribution in [-0.2, 0) is 4.79 Å². The number of nitrogens with one attached hydrogen (secondary N) is 1. The second-order valence-electron chi connectivity index (χ2n) is 7.45. The summed E-state index contributed by atoms with van der Waals surface area (Å²) in [6, 6.07) is 9.91. The van der Waals surface area contributed by atoms with E-state index < -0.39 is 5.41 Å². The Bertz CT molecular complexity index is 1330. The van der Waals surface area contributed by atoms with E-state index in [0.717, 1.165) is 21.9 Å². The highest BCUT2D eigenvalue weighted by atomic mass is 32.1. The number of Topliss-reactive ketones (excluding diaryl/α,β-unsaturated/α-hetero) is 1. The molecular formula is C21H19N3O2S2. The zero-order valence-electron chi connectivity index (χ0n) is 15.7. The zero-order valence-corrected chi connectivity index (χ0v) is 17.4. The summed E-state index contributed by atoms with van der Waals surface area (Å²) < 4.78 is 3.08. The van der Waals surface area contributed by atoms with Gasteiger partial charge in [-0.05, 0) is 6.08 Å². The van der Waals surface area contributed by atoms with Crippen LogP contribution in [0.2, 0.25) is 0 Å². The zero-order chi connectivity index (χ0) is 19.9. The molecule has 0 saturated heterocycles. The molecule has 7 heteroatoms. The lowest BCUT2D eigenvalue weighted by molar-refractivity contribution is -0.119. The third-order valence-corrected chi connectivity index (χ3v) is 6.02. The average Bonchev–Trinajstić information content (AvgIpc) is 3.32. The molecule has 0 bridgehead atoms. The summed E-state index contributed by atoms with van der Waals surface area (Å²) in [5, 5.41) is 1.97. The summed E-state index contributed by atoms with van der Waals surface area (Å²) in [5.74, 6) is -0.0221. The van der Waals surface area contributed by atoms with Crippen LogP contribution in [0, 0.1) is 5.41 Å². The quantitative estimate of drug-likeness (QED) is 0.566. The molecule has 0 aliphatic carbocycles. The van der Waals surface area contributed by atoms with Crippen LogP contribution in [0.1, 0.15) is 26.5 Å². The van der Waals surface area contributed by atoms with Gasteiger partial charge in [0.1, 0.15) is 0 Å². The Morgan fingerprint density at radius 1 is 1.21 bits per heavy atom. The van der Waals surface area contributed by atoms with Crippen LogP contribution in [-0.4, -0.2) is 20.2 Å². The number of carbonyl (C=O) groups is 1. The molecule has 0 atom stereocenters. The van der Waals surface area contributed by atoms with Crippen molar-refractivity contribution in [2.24, 2.45) is 5.41 Å². The summed E-state index contributed by atoms with van der Waals surface area (Å²) in [6.45, 7) is 5.57. The van der Waals surface area contributed by atoms with Crippen LogP contribution in [0.5, 0.6) is 0 Å². The number of H-pyrrole nitrogens is 1. The van der Waals surface area contributed by atoms with Crippen LogP contribution in [0.3, 0.4) is 0 Å². The SMILES string of the molecule is CC(C)(C)C(=O)/C=c1\[nH]c(=O)/c(=C\c2c(-c3ccccc3)nc3sccn23)s1. The molecule has 0 fully saturated rings. The maximum atomic E-state index is 12.5. The second-order valence-corrected chi connectivity index (χ2v) is 9.41. The molecule has 0 amide bonds. The fourth-order valence-electron chi connectivity index (χ4n) is 2.73. The number of benzene rings is 1. The molecule has 5 nitrogen and oxygen atoms in total. The third-order valence-electron chi connectivity index (χ3n) is 4.30. The Labute approximate surface area is 169 Å². The minimum Gasteiger partial charge on any atom is -0.313 e. The summed E-state index contributed by atoms with van der Waals surface area (Å²) >= 11 is 2.83. The van der Waals surface area contributed by atoms with Crippen LogP contribution in [0.25, 0.3) is 28.4 Å². The van der Waals surface area contributed by atoms with E-state index in [1.807, 2.05) is 73.2 Å². The van der Waals surface area contributed by atoms with Crippen molar-refractivity contribution in [3.05, 3.63) is 67.2 Å². The Morgan fingerprint density at radius 2 is 1.96 bits per heavy atom. The van der Waals surface area contributed by atoms with Crippen LogP contribution in [0.15, 0.2) is 46.7 Å². The van der Waals surface area contributed by atoms with Crippen LogP contribution < -0.4 is 14.8 Å². The van der Waals surface area contributed by atoms with Gasteiger partial charge in [-0.3, -0.25) is 14.0 Å². The fraction of sp³-hybridized carbons (Fsp3) is 0.190. The molecule has 0 unspecified atom stereocenters. The maximum Gasteiger partial charge on any atom is 0.266 e. The topological polar surface area (TPSA) is 67.2 Å². The molecule has 4 aromatic rings. The second kappa shape index (κ2) is 7.00. The first-order chi connectivity index (χ1) is 13.3. The van der Waals surface area contributed by atoms with E-state index in [1.54, 1.807) is 11.3 Å². The highest BCUT2D eigenvalue weighted by molar-refractivity contribution is 7.15. The monoisotopic (exact) mass is 409 g/mol. The van der Waals surface area contributed by atoms with Gasteiger partial charge in [-0.2, -0.15) is 0 Å². The van der Waals surface area contributed by atoms with Crippen molar-refractivity contribution in [3.8, 4) is 11.3 Å². The average molecular weight is 410 g/mol. The normalized spacial score (nSPS) is 13.5. The number of rotatable bonds is 3. The summed E-state index contributed by atoms with van der Waals surface area (Å²) in [4.78, 5) is 33.1. The van der Waals surface area contributed by atoms with E-state index in [9.17, 15) is 9.59 Å². The van der Waals surface area contributed by atoms with E-state index in [-0.39, 0.29) is 11.3 Å². The Balaban J connectivity index is 1.90. The predicted octanol–water partition coefficient (Wildman–Crippen LogP) is 3.04. The Kier molecular flexibility index (Phi) is 4.64. The number of thiazole rings is 2. The van der Waals surface area contributed by atoms with Crippen LogP contribution in [0.4, 0.5) is 0 Å². The minimum absolute atomic E-state index is 0.0221. The number of fused-ring (bicyclic) bond motifs is 1. The summed E-state index contributed by atoms with van der Waals surface area (Å²) in [6.07, 6.45) is 5.30. The van der Waals surface area contributed by atoms with Crippen molar-refractivity contribution in [2.75, 3.05) is 0 Å². The number of aromatic nitrogens is 3. The molecular weight excluding hydrogens is 390 g/mol. The van der Waals surface area contributed by atoms with Gasteiger partial charge in [-0.25, -0.2) is 4.98 Å². The lowest BCUT2D eigenvalue weighted by atomic mass is 9.91. The number of hydrogen-bond acceptors (Lipinski definition) is 5. The van der Waals surface area contributed by atoms with Crippen molar-refractivity contribution in [3.63, 3.8) is 0 Å². The first kappa shape index (κ1) is 18.6. The van der Waals surface area contributed by atoms with Gasteiger partial charge in [0.25, 0.3) is 5.56 Å². The number of imidazole rings is 1. The van der Waals surface area contributed by atoms with E-state index in [1.165, 1.54) is 17.4 Å². The fourth-order valence-corrected chi connectivity index (χ4v) is 4.32. The van der Waals surface area contributed by atoms with Gasteiger partial charge in [0, 0.05) is 28.6 Å². The largest absolute Gasteiger partial charge is 0.313 e. The highest BCUT2D eigenvalue weighted by Gasteiger charge is 2.19. The van der Waals surface area contributed by atoms with Gasteiger partial charge in [-0.15, -0.1) is 22.7 Å². The first-order valence-electron chi connectivity index (χ1n) is 8.81. The molecule has 1 N–H and O–H groups in total. The van der Waals surface area contributed by atoms with Gasteiger partial charge in [-0.1, -0.05) is 51.1 Å². The van der Waals surface area contributed by atoms with Gasteiger partial charge < -0.3 is 4.98 Å². The molecule has 28 heavy (non-hydrogen) atoms. The number of aromatic amines is 1. The standard InChI is InChI=1S/C21H19N3O2S2/c1-21(2,3)16(25)12-17-22-19(26)15(28-17)11-14-18(13-7-5-4-6-8-13)23-20-24(14)9-10-27-20/h4-12H,1-3H3,(H,22,26)/b15-11+,17-12+. The third kappa shape index (κ3) is 3.50. The van der Waals surface area contributed by atoms with Crippen molar-refractivity contribution >= 4 is 45.6 Å². The molecule has 4 rings (SSSR count). The highest BCUT2D eigenvalue weighted by Crippen LogP contribution is 2.26. The summed E-state index contributed by atoms with van der Waals surface area (Å²) in [7, 11) is 0. The maximum absolute atomic E-state index is 12.5. The minimum atomic E-state index is -0.487. The van der Waals surface area contributed by atoms with Gasteiger partial charge in [0.05, 0.1) is 20.6 Å². The van der Waals surface area contributed by atoms with Gasteiger partial charge >= 0.3 is 0 Å². The van der Waals surface area contributed by atoms with Crippen molar-refractivity contribution in [1.29, 1.82) is 0 Å². The predicted molar refractivity (Wildman–Crippen MR) is 115 cm³/mol. The Hall–Kier alpha value is -2.77. The molecule has 0 radical (unpaired) electrons. The van der Waals surface area contributed by atoms with E-state index in [4.69, 9.17) is 4.98 Å². The molecule has 1 aromatic carbocycles. The smallest absolute Gasteiger partial charge is 0.266 e. The first-order valence-corrected chi connectivity index (χ1v) is 10.5. The molecule has 142 valence electrons. The Morgan fingerprint density at radius 3 is 2.68 bits per heavy atom.